The van der Waals surface area contributed by atoms with Crippen LogP contribution in [0.25, 0.3) is 0 Å². The molecule has 2 aliphatic heterocycles. The largest absolute Gasteiger partial charge is 0.444 e. The van der Waals surface area contributed by atoms with Gasteiger partial charge < -0.3 is 19.5 Å². The molecule has 2 aromatic carbocycles. The van der Waals surface area contributed by atoms with Crippen LogP contribution >= 0.6 is 0 Å². The van der Waals surface area contributed by atoms with Gasteiger partial charge in [-0.15, -0.1) is 4.99 Å². The summed E-state index contributed by atoms with van der Waals surface area (Å²) in [5.74, 6) is 0.295. The molecule has 4 rings (SSSR count). The van der Waals surface area contributed by atoms with Crippen LogP contribution in [-0.4, -0.2) is 57.3 Å². The van der Waals surface area contributed by atoms with E-state index in [4.69, 9.17) is 9.47 Å². The Labute approximate surface area is 244 Å². The summed E-state index contributed by atoms with van der Waals surface area (Å²) < 4.78 is 11.4. The van der Waals surface area contributed by atoms with Crippen molar-refractivity contribution in [1.29, 1.82) is 0 Å². The monoisotopic (exact) mass is 563 g/mol. The molecule has 0 radical (unpaired) electrons. The first-order valence-corrected chi connectivity index (χ1v) is 15.3. The van der Waals surface area contributed by atoms with E-state index in [2.05, 4.69) is 23.7 Å². The molecule has 0 aromatic heterocycles. The summed E-state index contributed by atoms with van der Waals surface area (Å²) in [4.78, 5) is 35.1. The zero-order valence-electron chi connectivity index (χ0n) is 24.5. The quantitative estimate of drug-likeness (QED) is 0.297. The molecule has 1 N–H and O–H groups in total. The zero-order chi connectivity index (χ0) is 29.0. The highest BCUT2D eigenvalue weighted by atomic mass is 16.6. The van der Waals surface area contributed by atoms with Crippen molar-refractivity contribution in [3.05, 3.63) is 71.8 Å². The third-order valence-corrected chi connectivity index (χ3v) is 8.10. The Kier molecular flexibility index (Phi) is 11.6. The smallest absolute Gasteiger partial charge is 0.437 e. The number of aliphatic hydroxyl groups is 1. The Morgan fingerprint density at radius 2 is 1.54 bits per heavy atom. The van der Waals surface area contributed by atoms with Crippen LogP contribution in [-0.2, 0) is 22.7 Å². The van der Waals surface area contributed by atoms with Gasteiger partial charge in [0.15, 0.2) is 0 Å². The van der Waals surface area contributed by atoms with Crippen LogP contribution < -0.4 is 0 Å². The lowest BCUT2D eigenvalue weighted by molar-refractivity contribution is 0.0676. The molecular formula is C33H45N3O5. The van der Waals surface area contributed by atoms with E-state index in [0.717, 1.165) is 68.9 Å². The maximum Gasteiger partial charge on any atom is 0.437 e. The van der Waals surface area contributed by atoms with Gasteiger partial charge in [-0.05, 0) is 49.7 Å². The molecule has 2 amide bonds. The number of benzene rings is 2. The first-order chi connectivity index (χ1) is 20.0. The van der Waals surface area contributed by atoms with Crippen LogP contribution in [0.15, 0.2) is 65.7 Å². The van der Waals surface area contributed by atoms with Crippen molar-refractivity contribution in [2.24, 2.45) is 4.99 Å². The maximum atomic E-state index is 13.8. The Morgan fingerprint density at radius 1 is 0.902 bits per heavy atom. The van der Waals surface area contributed by atoms with E-state index in [1.807, 2.05) is 60.7 Å². The van der Waals surface area contributed by atoms with Crippen molar-refractivity contribution in [2.45, 2.75) is 115 Å². The highest BCUT2D eigenvalue weighted by molar-refractivity contribution is 6.00. The molecule has 0 bridgehead atoms. The van der Waals surface area contributed by atoms with Crippen molar-refractivity contribution in [3.8, 4) is 0 Å². The maximum absolute atomic E-state index is 13.8. The molecule has 2 aliphatic rings. The number of hydrogen-bond donors (Lipinski definition) is 1. The highest BCUT2D eigenvalue weighted by Crippen LogP contribution is 2.38. The molecule has 4 atom stereocenters. The number of rotatable bonds is 12. The number of unbranched alkanes of at least 4 members (excludes halogenated alkanes) is 2. The Hall–Kier alpha value is -3.39. The molecule has 222 valence electrons. The van der Waals surface area contributed by atoms with Crippen molar-refractivity contribution in [1.82, 2.24) is 9.80 Å². The van der Waals surface area contributed by atoms with Crippen molar-refractivity contribution >= 4 is 18.1 Å². The minimum absolute atomic E-state index is 0.0240. The summed E-state index contributed by atoms with van der Waals surface area (Å²) in [6.45, 7) is 4.47. The third kappa shape index (κ3) is 8.55. The van der Waals surface area contributed by atoms with Gasteiger partial charge in [-0.25, -0.2) is 14.5 Å². The van der Waals surface area contributed by atoms with E-state index in [-0.39, 0.29) is 31.3 Å². The van der Waals surface area contributed by atoms with Gasteiger partial charge in [0.25, 0.3) is 0 Å². The lowest BCUT2D eigenvalue weighted by Gasteiger charge is -2.46. The standard InChI is InChI=1S/C33H45N3O5/c1-3-5-17-27-21-28-19-20-29(22-30(37)18-6-4-2)35(28)31(34-32(38)40-23-25-13-9-7-10-14-25)36(27)33(39)41-24-26-15-11-8-12-16-26/h7-16,27-30,37H,3-6,17-24H2,1-2H3/b34-31+/t27-,28+,29-,30-/m0/s1. The number of carbonyl (C=O) groups excluding carboxylic acids is 2. The van der Waals surface area contributed by atoms with E-state index in [1.54, 1.807) is 4.90 Å². The van der Waals surface area contributed by atoms with Gasteiger partial charge in [-0.1, -0.05) is 100 Å². The van der Waals surface area contributed by atoms with Crippen molar-refractivity contribution in [2.75, 3.05) is 0 Å². The molecule has 8 heteroatoms. The van der Waals surface area contributed by atoms with Gasteiger partial charge in [-0.2, -0.15) is 0 Å². The third-order valence-electron chi connectivity index (χ3n) is 8.10. The predicted octanol–water partition coefficient (Wildman–Crippen LogP) is 7.05. The number of aliphatic hydroxyl groups excluding tert-OH is 1. The second-order valence-electron chi connectivity index (χ2n) is 11.2. The lowest BCUT2D eigenvalue weighted by atomic mass is 9.96. The number of fused-ring (bicyclic) bond motifs is 1. The van der Waals surface area contributed by atoms with Gasteiger partial charge in [0, 0.05) is 18.1 Å². The van der Waals surface area contributed by atoms with E-state index in [0.29, 0.717) is 12.4 Å². The molecule has 2 fully saturated rings. The molecule has 2 saturated heterocycles. The van der Waals surface area contributed by atoms with Crippen LogP contribution in [0.1, 0.15) is 89.2 Å². The van der Waals surface area contributed by atoms with Crippen LogP contribution in [0.3, 0.4) is 0 Å². The minimum atomic E-state index is -0.739. The number of guanidine groups is 1. The van der Waals surface area contributed by atoms with E-state index in [9.17, 15) is 14.7 Å². The van der Waals surface area contributed by atoms with E-state index < -0.39 is 18.3 Å². The molecule has 0 spiro atoms. The molecule has 0 aliphatic carbocycles. The molecule has 8 nitrogen and oxygen atoms in total. The van der Waals surface area contributed by atoms with Crippen LogP contribution in [0.5, 0.6) is 0 Å². The zero-order valence-corrected chi connectivity index (χ0v) is 24.5. The first kappa shape index (κ1) is 30.6. The van der Waals surface area contributed by atoms with Crippen LogP contribution in [0.4, 0.5) is 9.59 Å². The Balaban J connectivity index is 1.62. The summed E-state index contributed by atoms with van der Waals surface area (Å²) >= 11 is 0. The molecule has 2 aromatic rings. The number of aliphatic imine (C=N–C) groups is 1. The summed E-state index contributed by atoms with van der Waals surface area (Å²) in [7, 11) is 0. The fourth-order valence-electron chi connectivity index (χ4n) is 5.98. The number of nitrogens with zero attached hydrogens (tertiary/aromatic N) is 3. The molecule has 2 heterocycles. The Bertz CT molecular complexity index is 1130. The average Bonchev–Trinajstić information content (AvgIpc) is 3.39. The van der Waals surface area contributed by atoms with Crippen LogP contribution in [0, 0.1) is 0 Å². The highest BCUT2D eigenvalue weighted by Gasteiger charge is 2.48. The topological polar surface area (TPSA) is 91.7 Å². The van der Waals surface area contributed by atoms with Crippen molar-refractivity contribution in [3.63, 3.8) is 0 Å². The number of carbonyl (C=O) groups is 2. The summed E-state index contributed by atoms with van der Waals surface area (Å²) in [6, 6.07) is 19.0. The normalized spacial score (nSPS) is 21.9. The molecule has 0 saturated carbocycles. The summed E-state index contributed by atoms with van der Waals surface area (Å²) in [5, 5.41) is 10.8. The Morgan fingerprint density at radius 3 is 2.17 bits per heavy atom. The van der Waals surface area contributed by atoms with Gasteiger partial charge in [0.2, 0.25) is 5.96 Å². The average molecular weight is 564 g/mol. The van der Waals surface area contributed by atoms with Gasteiger partial charge >= 0.3 is 12.2 Å². The predicted molar refractivity (Wildman–Crippen MR) is 159 cm³/mol. The molecule has 0 unspecified atom stereocenters. The van der Waals surface area contributed by atoms with Gasteiger partial charge in [0.05, 0.1) is 6.10 Å². The van der Waals surface area contributed by atoms with E-state index >= 15 is 0 Å². The fourth-order valence-corrected chi connectivity index (χ4v) is 5.98. The van der Waals surface area contributed by atoms with Crippen molar-refractivity contribution < 1.29 is 24.2 Å². The summed E-state index contributed by atoms with van der Waals surface area (Å²) in [5.41, 5.74) is 1.75. The number of ether oxygens (including phenoxy) is 2. The first-order valence-electron chi connectivity index (χ1n) is 15.3. The second-order valence-corrected chi connectivity index (χ2v) is 11.2. The van der Waals surface area contributed by atoms with Gasteiger partial charge in [-0.3, -0.25) is 0 Å². The summed E-state index contributed by atoms with van der Waals surface area (Å²) in [6.07, 6.45) is 6.91. The van der Waals surface area contributed by atoms with E-state index in [1.165, 1.54) is 0 Å². The lowest BCUT2D eigenvalue weighted by Crippen LogP contribution is -2.61. The fraction of sp³-hybridized carbons (Fsp3) is 0.545. The SMILES string of the molecule is CCCC[C@H](O)C[C@@H]1CC[C@@H]2C[C@H](CCCC)N(C(=O)OCc3ccccc3)/C(=N/C(=O)OCc3ccccc3)N21. The molecule has 41 heavy (non-hydrogen) atoms. The molecular weight excluding hydrogens is 518 g/mol. The second kappa shape index (κ2) is 15.6. The minimum Gasteiger partial charge on any atom is -0.444 e. The van der Waals surface area contributed by atoms with Crippen LogP contribution in [0.2, 0.25) is 0 Å². The number of hydrogen-bond acceptors (Lipinski definition) is 5. The van der Waals surface area contributed by atoms with Gasteiger partial charge in [0.1, 0.15) is 13.2 Å². The number of amides is 2.